The standard InChI is InChI=1S/C15H18N2O3S/c1-2-17(12-5-11-16)21(19,20)15-9-7-14(8-10-15)6-3-4-13-18/h7-10,18H,2,4-5,12-13H2,1H3. The van der Waals surface area contributed by atoms with Crippen LogP contribution in [0, 0.1) is 23.2 Å². The van der Waals surface area contributed by atoms with Crippen LogP contribution in [0.4, 0.5) is 0 Å². The summed E-state index contributed by atoms with van der Waals surface area (Å²) in [6, 6.07) is 8.23. The van der Waals surface area contributed by atoms with Crippen LogP contribution >= 0.6 is 0 Å². The van der Waals surface area contributed by atoms with E-state index in [0.29, 0.717) is 18.5 Å². The Morgan fingerprint density at radius 2 is 1.90 bits per heavy atom. The smallest absolute Gasteiger partial charge is 0.243 e. The third-order valence-corrected chi connectivity index (χ3v) is 4.78. The zero-order valence-electron chi connectivity index (χ0n) is 11.9. The molecular formula is C15H18N2O3S. The molecule has 0 aliphatic heterocycles. The van der Waals surface area contributed by atoms with Gasteiger partial charge in [-0.3, -0.25) is 0 Å². The minimum Gasteiger partial charge on any atom is -0.395 e. The van der Waals surface area contributed by atoms with E-state index in [1.165, 1.54) is 16.4 Å². The van der Waals surface area contributed by atoms with E-state index in [1.54, 1.807) is 19.1 Å². The first-order valence-electron chi connectivity index (χ1n) is 6.63. The van der Waals surface area contributed by atoms with Gasteiger partial charge in [-0.15, -0.1) is 0 Å². The number of nitriles is 1. The lowest BCUT2D eigenvalue weighted by Gasteiger charge is -2.19. The fourth-order valence-corrected chi connectivity index (χ4v) is 3.15. The quantitative estimate of drug-likeness (QED) is 0.804. The lowest BCUT2D eigenvalue weighted by molar-refractivity contribution is 0.305. The normalized spacial score (nSPS) is 10.8. The van der Waals surface area contributed by atoms with Gasteiger partial charge in [-0.1, -0.05) is 18.8 Å². The van der Waals surface area contributed by atoms with Crippen LogP contribution in [-0.4, -0.2) is 37.5 Å². The van der Waals surface area contributed by atoms with E-state index >= 15 is 0 Å². The van der Waals surface area contributed by atoms with Gasteiger partial charge in [-0.05, 0) is 24.3 Å². The van der Waals surface area contributed by atoms with E-state index in [0.717, 1.165) is 0 Å². The van der Waals surface area contributed by atoms with Crippen LogP contribution in [0.15, 0.2) is 29.2 Å². The van der Waals surface area contributed by atoms with Crippen LogP contribution in [0.2, 0.25) is 0 Å². The molecule has 6 heteroatoms. The summed E-state index contributed by atoms with van der Waals surface area (Å²) in [5.41, 5.74) is 0.697. The second kappa shape index (κ2) is 8.43. The van der Waals surface area contributed by atoms with Crippen molar-refractivity contribution < 1.29 is 13.5 Å². The van der Waals surface area contributed by atoms with Crippen molar-refractivity contribution in [2.24, 2.45) is 0 Å². The first kappa shape index (κ1) is 17.2. The van der Waals surface area contributed by atoms with Crippen molar-refractivity contribution in [1.29, 1.82) is 5.26 Å². The number of rotatable bonds is 6. The van der Waals surface area contributed by atoms with Crippen molar-refractivity contribution in [3.63, 3.8) is 0 Å². The summed E-state index contributed by atoms with van der Waals surface area (Å²) in [5.74, 6) is 5.62. The van der Waals surface area contributed by atoms with Gasteiger partial charge < -0.3 is 5.11 Å². The predicted octanol–water partition coefficient (Wildman–Crippen LogP) is 1.34. The van der Waals surface area contributed by atoms with Gasteiger partial charge in [-0.2, -0.15) is 9.57 Å². The second-order valence-electron chi connectivity index (χ2n) is 4.20. The van der Waals surface area contributed by atoms with Gasteiger partial charge in [0.1, 0.15) is 0 Å². The first-order valence-corrected chi connectivity index (χ1v) is 8.07. The summed E-state index contributed by atoms with van der Waals surface area (Å²) in [6.07, 6.45) is 0.551. The van der Waals surface area contributed by atoms with Gasteiger partial charge in [0.05, 0.1) is 17.6 Å². The van der Waals surface area contributed by atoms with Crippen LogP contribution in [0.3, 0.4) is 0 Å². The highest BCUT2D eigenvalue weighted by molar-refractivity contribution is 7.89. The van der Waals surface area contributed by atoms with Gasteiger partial charge in [0.25, 0.3) is 0 Å². The molecule has 0 spiro atoms. The Morgan fingerprint density at radius 3 is 2.43 bits per heavy atom. The highest BCUT2D eigenvalue weighted by Gasteiger charge is 2.22. The van der Waals surface area contributed by atoms with Crippen LogP contribution in [0.5, 0.6) is 0 Å². The molecule has 0 fully saturated rings. The van der Waals surface area contributed by atoms with E-state index in [-0.39, 0.29) is 24.5 Å². The SMILES string of the molecule is CCN(CCC#N)S(=O)(=O)c1ccc(C#CCCO)cc1. The summed E-state index contributed by atoms with van der Waals surface area (Å²) < 4.78 is 26.1. The Morgan fingerprint density at radius 1 is 1.24 bits per heavy atom. The van der Waals surface area contributed by atoms with Gasteiger partial charge >= 0.3 is 0 Å². The van der Waals surface area contributed by atoms with Gasteiger partial charge in [0.15, 0.2) is 0 Å². The molecule has 0 saturated heterocycles. The molecule has 0 aliphatic rings. The molecular weight excluding hydrogens is 288 g/mol. The second-order valence-corrected chi connectivity index (χ2v) is 6.14. The molecule has 0 radical (unpaired) electrons. The molecule has 0 bridgehead atoms. The van der Waals surface area contributed by atoms with Crippen molar-refractivity contribution in [2.75, 3.05) is 19.7 Å². The summed E-state index contributed by atoms with van der Waals surface area (Å²) in [5, 5.41) is 17.2. The maximum absolute atomic E-state index is 12.4. The molecule has 1 rings (SSSR count). The number of hydrogen-bond acceptors (Lipinski definition) is 4. The maximum Gasteiger partial charge on any atom is 0.243 e. The number of benzene rings is 1. The minimum atomic E-state index is -3.57. The fourth-order valence-electron chi connectivity index (χ4n) is 1.70. The Balaban J connectivity index is 2.94. The highest BCUT2D eigenvalue weighted by atomic mass is 32.2. The van der Waals surface area contributed by atoms with Crippen molar-refractivity contribution in [3.05, 3.63) is 29.8 Å². The number of sulfonamides is 1. The third kappa shape index (κ3) is 4.87. The van der Waals surface area contributed by atoms with Crippen molar-refractivity contribution in [2.45, 2.75) is 24.7 Å². The predicted molar refractivity (Wildman–Crippen MR) is 79.7 cm³/mol. The van der Waals surface area contributed by atoms with Gasteiger partial charge in [0.2, 0.25) is 10.0 Å². The number of hydrogen-bond donors (Lipinski definition) is 1. The van der Waals surface area contributed by atoms with E-state index in [1.807, 2.05) is 6.07 Å². The van der Waals surface area contributed by atoms with Gasteiger partial charge in [0, 0.05) is 31.5 Å². The molecule has 112 valence electrons. The minimum absolute atomic E-state index is 0.00379. The van der Waals surface area contributed by atoms with Crippen LogP contribution < -0.4 is 0 Å². The fraction of sp³-hybridized carbons (Fsp3) is 0.400. The van der Waals surface area contributed by atoms with Crippen molar-refractivity contribution in [3.8, 4) is 17.9 Å². The molecule has 0 heterocycles. The van der Waals surface area contributed by atoms with E-state index in [4.69, 9.17) is 10.4 Å². The molecule has 0 aliphatic carbocycles. The Hall–Kier alpha value is -1.86. The molecule has 0 unspecified atom stereocenters. The lowest BCUT2D eigenvalue weighted by Crippen LogP contribution is -2.31. The average molecular weight is 306 g/mol. The Kier molecular flexibility index (Phi) is 6.90. The summed E-state index contributed by atoms with van der Waals surface area (Å²) in [6.45, 7) is 2.25. The molecule has 0 aromatic heterocycles. The third-order valence-electron chi connectivity index (χ3n) is 2.79. The molecule has 5 nitrogen and oxygen atoms in total. The van der Waals surface area contributed by atoms with E-state index in [2.05, 4.69) is 11.8 Å². The average Bonchev–Trinajstić information content (AvgIpc) is 2.48. The zero-order valence-corrected chi connectivity index (χ0v) is 12.7. The molecule has 0 saturated carbocycles. The Bertz CT molecular complexity index is 649. The highest BCUT2D eigenvalue weighted by Crippen LogP contribution is 2.16. The van der Waals surface area contributed by atoms with Gasteiger partial charge in [-0.25, -0.2) is 8.42 Å². The monoisotopic (exact) mass is 306 g/mol. The number of aliphatic hydroxyl groups is 1. The molecule has 0 amide bonds. The molecule has 1 aromatic rings. The molecule has 21 heavy (non-hydrogen) atoms. The summed E-state index contributed by atoms with van der Waals surface area (Å²) in [4.78, 5) is 0.190. The molecule has 1 aromatic carbocycles. The van der Waals surface area contributed by atoms with E-state index in [9.17, 15) is 8.42 Å². The zero-order chi connectivity index (χ0) is 15.7. The van der Waals surface area contributed by atoms with Crippen LogP contribution in [0.1, 0.15) is 25.3 Å². The lowest BCUT2D eigenvalue weighted by atomic mass is 10.2. The van der Waals surface area contributed by atoms with Crippen molar-refractivity contribution in [1.82, 2.24) is 4.31 Å². The van der Waals surface area contributed by atoms with E-state index < -0.39 is 10.0 Å². The van der Waals surface area contributed by atoms with Crippen LogP contribution in [0.25, 0.3) is 0 Å². The van der Waals surface area contributed by atoms with Crippen LogP contribution in [-0.2, 0) is 10.0 Å². The van der Waals surface area contributed by atoms with Crippen molar-refractivity contribution >= 4 is 10.0 Å². The first-order chi connectivity index (χ1) is 10.1. The maximum atomic E-state index is 12.4. The molecule has 1 N–H and O–H groups in total. The summed E-state index contributed by atoms with van der Waals surface area (Å²) in [7, 11) is -3.57. The topological polar surface area (TPSA) is 81.4 Å². The molecule has 0 atom stereocenters. The Labute approximate surface area is 125 Å². The number of aliphatic hydroxyl groups excluding tert-OH is 1. The number of nitrogens with zero attached hydrogens (tertiary/aromatic N) is 2. The summed E-state index contributed by atoms with van der Waals surface area (Å²) >= 11 is 0. The largest absolute Gasteiger partial charge is 0.395 e.